The average molecular weight is 900 g/mol. The van der Waals surface area contributed by atoms with Crippen molar-refractivity contribution >= 4 is 35.8 Å². The van der Waals surface area contributed by atoms with Crippen molar-refractivity contribution in [1.29, 1.82) is 0 Å². The summed E-state index contributed by atoms with van der Waals surface area (Å²) in [5.41, 5.74) is 0. The van der Waals surface area contributed by atoms with Crippen molar-refractivity contribution in [2.45, 2.75) is 233 Å². The summed E-state index contributed by atoms with van der Waals surface area (Å²) in [6.07, 6.45) is 62.0. The molecule has 5 heteroatoms. The fourth-order valence-electron chi connectivity index (χ4n) is 5.34. The third kappa shape index (κ3) is 82.9. The van der Waals surface area contributed by atoms with E-state index in [0.29, 0.717) is 0 Å². The number of carbonyl (C=O) groups is 2. The van der Waals surface area contributed by atoms with Gasteiger partial charge in [-0.15, -0.1) is 0 Å². The predicted molar refractivity (Wildman–Crippen MR) is 252 cm³/mol. The molecule has 4 radical (unpaired) electrons. The molecule has 0 bridgehead atoms. The third-order valence-corrected chi connectivity index (χ3v) is 8.77. The van der Waals surface area contributed by atoms with Crippen LogP contribution < -0.4 is 10.2 Å². The fourth-order valence-corrected chi connectivity index (χ4v) is 5.34. The molecule has 0 rings (SSSR count). The minimum atomic E-state index is -0.925. The van der Waals surface area contributed by atoms with Crippen LogP contribution in [0.3, 0.4) is 0 Å². The van der Waals surface area contributed by atoms with Gasteiger partial charge in [-0.1, -0.05) is 230 Å². The van der Waals surface area contributed by atoms with Gasteiger partial charge in [0, 0.05) is 11.9 Å². The van der Waals surface area contributed by atoms with E-state index in [2.05, 4.69) is 114 Å². The van der Waals surface area contributed by atoms with Gasteiger partial charge in [0.15, 0.2) is 0 Å². The van der Waals surface area contributed by atoms with Crippen LogP contribution in [0.15, 0.2) is 72.9 Å². The number of carboxylic acids is 2. The molecule has 0 saturated heterocycles. The van der Waals surface area contributed by atoms with Gasteiger partial charge in [0.25, 0.3) is 0 Å². The van der Waals surface area contributed by atoms with E-state index >= 15 is 0 Å². The smallest absolute Gasteiger partial charge is 0.550 e. The van der Waals surface area contributed by atoms with Crippen molar-refractivity contribution in [3.8, 4) is 0 Å². The Morgan fingerprint density at radius 3 is 0.930 bits per heavy atom. The van der Waals surface area contributed by atoms with Gasteiger partial charge in [-0.2, -0.15) is 0 Å². The third-order valence-electron chi connectivity index (χ3n) is 8.77. The van der Waals surface area contributed by atoms with Crippen LogP contribution in [0.2, 0.25) is 0 Å². The summed E-state index contributed by atoms with van der Waals surface area (Å²) in [5.74, 6) is -1.85. The minimum Gasteiger partial charge on any atom is -0.550 e. The van der Waals surface area contributed by atoms with E-state index in [4.69, 9.17) is 0 Å². The topological polar surface area (TPSA) is 80.3 Å². The molecule has 0 aliphatic heterocycles. The molecule has 0 N–H and O–H groups in total. The molecule has 57 heavy (non-hydrogen) atoms. The molecule has 4 nitrogen and oxygen atoms in total. The molecule has 0 unspecified atom stereocenters. The summed E-state index contributed by atoms with van der Waals surface area (Å²) in [6, 6.07) is 0. The van der Waals surface area contributed by atoms with E-state index in [-0.39, 0.29) is 36.7 Å². The second kappa shape index (κ2) is 66.0. The number of allylic oxidation sites excluding steroid dienone is 12. The number of carbonyl (C=O) groups excluding carboxylic acids is 2. The molecule has 0 amide bonds. The van der Waals surface area contributed by atoms with Gasteiger partial charge in [-0.3, -0.25) is 0 Å². The zero-order valence-corrected chi connectivity index (χ0v) is 41.0. The van der Waals surface area contributed by atoms with Gasteiger partial charge in [-0.05, 0) is 89.9 Å². The standard InChI is InChI=1S/2C18H30O2.2C8H17.Sn/c2*1-2-3-4-5-6-7-8-9-10-11-12-13-14-15-16-17-18(19)20;2*1-3-5-7-8-6-4-2;/h2*3-4,6-7,9-10H,2,5,8,11-17H2,1H3,(H,19,20);2*1,3-8H2,2H3;/q;;;;+2/p-2/b2*4-3+,7-6+,10-9+;;;. The number of hydrogen-bond donors (Lipinski definition) is 0. The van der Waals surface area contributed by atoms with Crippen molar-refractivity contribution in [2.24, 2.45) is 0 Å². The number of carboxylic acid groups (broad SMARTS) is 2. The first kappa shape index (κ1) is 64.3. The van der Waals surface area contributed by atoms with Crippen LogP contribution in [0.1, 0.15) is 233 Å². The summed E-state index contributed by atoms with van der Waals surface area (Å²) < 4.78 is 0. The molecule has 0 fully saturated rings. The molecule has 0 aromatic carbocycles. The Labute approximate surface area is 373 Å². The second-order valence-corrected chi connectivity index (χ2v) is 14.5. The fraction of sp³-hybridized carbons (Fsp3) is 0.692. The largest absolute Gasteiger partial charge is 2.00 e. The maximum absolute atomic E-state index is 10.2. The zero-order chi connectivity index (χ0) is 42.3. The molecule has 0 heterocycles. The molecule has 0 saturated carbocycles. The molecule has 0 aliphatic rings. The number of hydrogen-bond acceptors (Lipinski definition) is 4. The summed E-state index contributed by atoms with van der Waals surface area (Å²) >= 11 is 0. The quantitative estimate of drug-likeness (QED) is 0.0356. The Kier molecular flexibility index (Phi) is 74.5. The van der Waals surface area contributed by atoms with Gasteiger partial charge in [-0.25, -0.2) is 0 Å². The van der Waals surface area contributed by atoms with Crippen LogP contribution in [0.5, 0.6) is 0 Å². The second-order valence-electron chi connectivity index (χ2n) is 14.5. The summed E-state index contributed by atoms with van der Waals surface area (Å²) in [5, 5.41) is 20.4. The Morgan fingerprint density at radius 1 is 0.368 bits per heavy atom. The molecule has 328 valence electrons. The first-order chi connectivity index (χ1) is 27.4. The van der Waals surface area contributed by atoms with E-state index in [1.54, 1.807) is 0 Å². The number of unbranched alkanes of at least 4 members (excludes halogenated alkanes) is 20. The zero-order valence-electron chi connectivity index (χ0n) is 38.1. The van der Waals surface area contributed by atoms with Gasteiger partial charge >= 0.3 is 23.9 Å². The van der Waals surface area contributed by atoms with E-state index in [9.17, 15) is 19.8 Å². The minimum absolute atomic E-state index is 0. The van der Waals surface area contributed by atoms with Crippen molar-refractivity contribution in [3.63, 3.8) is 0 Å². The van der Waals surface area contributed by atoms with Crippen LogP contribution in [0.4, 0.5) is 0 Å². The van der Waals surface area contributed by atoms with Gasteiger partial charge in [0.1, 0.15) is 0 Å². The van der Waals surface area contributed by atoms with Gasteiger partial charge in [0.2, 0.25) is 0 Å². The SMILES string of the molecule is CC/C=C/C/C=C/C/C=C/CCCCCCCC(=O)[O-].CC/C=C/C/C=C/C/C=C/CCCCCCCC(=O)[O-].[CH2]CCCCCCC.[CH2]CCCCCCC.[Sn+2]. The van der Waals surface area contributed by atoms with Crippen LogP contribution in [0, 0.1) is 13.8 Å². The Morgan fingerprint density at radius 2 is 0.632 bits per heavy atom. The molecule has 0 aliphatic carbocycles. The summed E-state index contributed by atoms with van der Waals surface area (Å²) in [7, 11) is 0. The first-order valence-corrected chi connectivity index (χ1v) is 23.3. The Hall–Kier alpha value is -1.82. The van der Waals surface area contributed by atoms with E-state index in [1.807, 2.05) is 0 Å². The maximum Gasteiger partial charge on any atom is 2.00 e. The van der Waals surface area contributed by atoms with E-state index < -0.39 is 11.9 Å². The van der Waals surface area contributed by atoms with Crippen molar-refractivity contribution in [1.82, 2.24) is 0 Å². The Balaban J connectivity index is -0.000000228. The van der Waals surface area contributed by atoms with Crippen LogP contribution in [0.25, 0.3) is 0 Å². The van der Waals surface area contributed by atoms with Crippen molar-refractivity contribution < 1.29 is 19.8 Å². The molecule has 0 aromatic rings. The maximum atomic E-state index is 10.2. The van der Waals surface area contributed by atoms with Crippen LogP contribution in [-0.4, -0.2) is 35.8 Å². The average Bonchev–Trinajstić information content (AvgIpc) is 3.19. The summed E-state index contributed by atoms with van der Waals surface area (Å²) in [4.78, 5) is 20.4. The van der Waals surface area contributed by atoms with Crippen molar-refractivity contribution in [2.75, 3.05) is 0 Å². The molecule has 0 spiro atoms. The number of rotatable bonds is 36. The van der Waals surface area contributed by atoms with Crippen LogP contribution >= 0.6 is 0 Å². The first-order valence-electron chi connectivity index (χ1n) is 23.3. The molecular weight excluding hydrogens is 807 g/mol. The van der Waals surface area contributed by atoms with Gasteiger partial charge in [0.05, 0.1) is 0 Å². The van der Waals surface area contributed by atoms with E-state index in [0.717, 1.165) is 103 Å². The normalized spacial score (nSPS) is 11.2. The van der Waals surface area contributed by atoms with Crippen LogP contribution in [-0.2, 0) is 9.59 Å². The number of aliphatic carboxylic acids is 2. The van der Waals surface area contributed by atoms with Crippen molar-refractivity contribution in [3.05, 3.63) is 86.8 Å². The predicted octanol–water partition coefficient (Wildman–Crippen LogP) is 14.6. The Bertz CT molecular complexity index is 829. The monoisotopic (exact) mass is 901 g/mol. The molecule has 0 atom stereocenters. The van der Waals surface area contributed by atoms with E-state index in [1.165, 1.54) is 89.9 Å². The molecular formula is C52H92O4Sn. The summed E-state index contributed by atoms with van der Waals surface area (Å²) in [6.45, 7) is 16.3. The van der Waals surface area contributed by atoms with Gasteiger partial charge < -0.3 is 19.8 Å². The molecule has 0 aromatic heterocycles.